The summed E-state index contributed by atoms with van der Waals surface area (Å²) in [4.78, 5) is 23.6. The van der Waals surface area contributed by atoms with Crippen LogP contribution in [0.5, 0.6) is 0 Å². The van der Waals surface area contributed by atoms with Crippen molar-refractivity contribution in [1.82, 2.24) is 15.1 Å². The number of amides is 1. The fraction of sp³-hybridized carbons (Fsp3) is 0.158. The minimum atomic E-state index is -0.290. The van der Waals surface area contributed by atoms with Gasteiger partial charge in [-0.15, -0.1) is 0 Å². The molecule has 0 aliphatic rings. The van der Waals surface area contributed by atoms with Crippen LogP contribution in [0.2, 0.25) is 0 Å². The molecule has 0 aliphatic heterocycles. The Labute approximate surface area is 154 Å². The number of carbonyl (C=O) groups excluding carboxylic acids is 1. The van der Waals surface area contributed by atoms with Crippen LogP contribution < -0.4 is 4.90 Å². The number of aromatic nitrogens is 3. The second kappa shape index (κ2) is 6.68. The van der Waals surface area contributed by atoms with Crippen LogP contribution >= 0.6 is 11.3 Å². The van der Waals surface area contributed by atoms with Gasteiger partial charge in [0, 0.05) is 12.3 Å². The number of hydrogen-bond acceptors (Lipinski definition) is 6. The summed E-state index contributed by atoms with van der Waals surface area (Å²) in [6.07, 6.45) is 3.16. The fourth-order valence-corrected chi connectivity index (χ4v) is 3.69. The van der Waals surface area contributed by atoms with Gasteiger partial charge in [-0.2, -0.15) is 0 Å². The van der Waals surface area contributed by atoms with E-state index in [4.69, 9.17) is 9.51 Å². The number of carbonyl (C=O) groups is 1. The molecule has 0 spiro atoms. The van der Waals surface area contributed by atoms with E-state index in [1.54, 1.807) is 17.2 Å². The summed E-state index contributed by atoms with van der Waals surface area (Å²) in [6.45, 7) is 4.40. The first-order chi connectivity index (χ1) is 12.6. The number of benzene rings is 1. The molecule has 7 heteroatoms. The molecule has 0 fully saturated rings. The predicted molar refractivity (Wildman–Crippen MR) is 100 cm³/mol. The van der Waals surface area contributed by atoms with E-state index in [0.29, 0.717) is 11.7 Å². The highest BCUT2D eigenvalue weighted by molar-refractivity contribution is 7.22. The number of pyridine rings is 1. The first kappa shape index (κ1) is 16.4. The molecule has 0 unspecified atom stereocenters. The van der Waals surface area contributed by atoms with Crippen LogP contribution in [0.15, 0.2) is 53.3 Å². The van der Waals surface area contributed by atoms with Crippen LogP contribution in [-0.4, -0.2) is 21.0 Å². The van der Waals surface area contributed by atoms with Gasteiger partial charge in [-0.25, -0.2) is 4.98 Å². The van der Waals surface area contributed by atoms with Crippen LogP contribution in [-0.2, 0) is 6.54 Å². The Balaban J connectivity index is 1.79. The number of rotatable bonds is 4. The van der Waals surface area contributed by atoms with Crippen LogP contribution in [0.4, 0.5) is 5.13 Å². The molecule has 26 heavy (non-hydrogen) atoms. The molecule has 0 radical (unpaired) electrons. The standard InChI is InChI=1S/C19H16N4O2S/c1-12-6-7-16-17(13(12)2)22-19(26-16)23(11-14-5-3-4-9-20-14)18(24)15-8-10-21-25-15/h3-10H,11H2,1-2H3. The molecule has 0 atom stereocenters. The predicted octanol–water partition coefficient (Wildman–Crippen LogP) is 4.14. The van der Waals surface area contributed by atoms with E-state index in [1.807, 2.05) is 31.2 Å². The molecule has 6 nitrogen and oxygen atoms in total. The normalized spacial score (nSPS) is 11.0. The lowest BCUT2D eigenvalue weighted by Gasteiger charge is -2.17. The SMILES string of the molecule is Cc1ccc2sc(N(Cc3ccccn3)C(=O)c3ccno3)nc2c1C. The van der Waals surface area contributed by atoms with E-state index >= 15 is 0 Å². The maximum atomic E-state index is 13.0. The largest absolute Gasteiger partial charge is 0.351 e. The van der Waals surface area contributed by atoms with E-state index in [9.17, 15) is 4.79 Å². The molecule has 4 rings (SSSR count). The quantitative estimate of drug-likeness (QED) is 0.544. The Bertz CT molecular complexity index is 1060. The van der Waals surface area contributed by atoms with Crippen molar-refractivity contribution in [3.8, 4) is 0 Å². The number of fused-ring (bicyclic) bond motifs is 1. The molecule has 0 N–H and O–H groups in total. The summed E-state index contributed by atoms with van der Waals surface area (Å²) >= 11 is 1.48. The van der Waals surface area contributed by atoms with Crippen LogP contribution in [0.1, 0.15) is 27.4 Å². The molecule has 0 bridgehead atoms. The third kappa shape index (κ3) is 2.97. The highest BCUT2D eigenvalue weighted by Crippen LogP contribution is 2.33. The molecule has 4 aromatic rings. The van der Waals surface area contributed by atoms with E-state index in [0.717, 1.165) is 21.5 Å². The topological polar surface area (TPSA) is 72.1 Å². The van der Waals surface area contributed by atoms with Crippen molar-refractivity contribution in [2.24, 2.45) is 0 Å². The van der Waals surface area contributed by atoms with Crippen LogP contribution in [0, 0.1) is 13.8 Å². The Kier molecular flexibility index (Phi) is 4.22. The Morgan fingerprint density at radius 2 is 2.04 bits per heavy atom. The van der Waals surface area contributed by atoms with Gasteiger partial charge in [0.1, 0.15) is 0 Å². The number of hydrogen-bond donors (Lipinski definition) is 0. The Morgan fingerprint density at radius 1 is 1.15 bits per heavy atom. The molecule has 0 aliphatic carbocycles. The van der Waals surface area contributed by atoms with Gasteiger partial charge in [0.25, 0.3) is 5.91 Å². The zero-order chi connectivity index (χ0) is 18.1. The van der Waals surface area contributed by atoms with E-state index in [1.165, 1.54) is 23.1 Å². The first-order valence-electron chi connectivity index (χ1n) is 8.12. The van der Waals surface area contributed by atoms with Gasteiger partial charge in [-0.3, -0.25) is 14.7 Å². The van der Waals surface area contributed by atoms with E-state index in [2.05, 4.69) is 23.1 Å². The number of nitrogens with zero attached hydrogens (tertiary/aromatic N) is 4. The molecular formula is C19H16N4O2S. The van der Waals surface area contributed by atoms with Crippen molar-refractivity contribution in [3.63, 3.8) is 0 Å². The van der Waals surface area contributed by atoms with Crippen molar-refractivity contribution in [2.45, 2.75) is 20.4 Å². The maximum Gasteiger partial charge on any atom is 0.299 e. The highest BCUT2D eigenvalue weighted by Gasteiger charge is 2.25. The minimum absolute atomic E-state index is 0.174. The fourth-order valence-electron chi connectivity index (χ4n) is 2.67. The maximum absolute atomic E-state index is 13.0. The third-order valence-electron chi connectivity index (χ3n) is 4.24. The summed E-state index contributed by atoms with van der Waals surface area (Å²) < 4.78 is 6.11. The summed E-state index contributed by atoms with van der Waals surface area (Å²) in [6, 6.07) is 11.3. The highest BCUT2D eigenvalue weighted by atomic mass is 32.1. The van der Waals surface area contributed by atoms with Gasteiger partial charge in [-0.1, -0.05) is 28.6 Å². The summed E-state index contributed by atoms with van der Waals surface area (Å²) in [5.74, 6) is -0.116. The second-order valence-corrected chi connectivity index (χ2v) is 6.95. The molecule has 130 valence electrons. The number of thiazole rings is 1. The van der Waals surface area contributed by atoms with Crippen LogP contribution in [0.3, 0.4) is 0 Å². The molecular weight excluding hydrogens is 348 g/mol. The van der Waals surface area contributed by atoms with Crippen LogP contribution in [0.25, 0.3) is 10.2 Å². The second-order valence-electron chi connectivity index (χ2n) is 5.94. The van der Waals surface area contributed by atoms with Crippen molar-refractivity contribution >= 4 is 32.6 Å². The molecule has 3 heterocycles. The number of aryl methyl sites for hydroxylation is 2. The van der Waals surface area contributed by atoms with E-state index in [-0.39, 0.29) is 11.7 Å². The lowest BCUT2D eigenvalue weighted by Crippen LogP contribution is -2.30. The zero-order valence-corrected chi connectivity index (χ0v) is 15.2. The first-order valence-corrected chi connectivity index (χ1v) is 8.94. The van der Waals surface area contributed by atoms with Gasteiger partial charge >= 0.3 is 0 Å². The average Bonchev–Trinajstić information content (AvgIpc) is 3.33. The Morgan fingerprint density at radius 3 is 2.77 bits per heavy atom. The summed E-state index contributed by atoms with van der Waals surface area (Å²) in [5.41, 5.74) is 3.98. The van der Waals surface area contributed by atoms with Gasteiger partial charge in [0.15, 0.2) is 5.13 Å². The van der Waals surface area contributed by atoms with E-state index < -0.39 is 0 Å². The van der Waals surface area contributed by atoms with Crippen molar-refractivity contribution in [1.29, 1.82) is 0 Å². The minimum Gasteiger partial charge on any atom is -0.351 e. The zero-order valence-electron chi connectivity index (χ0n) is 14.3. The molecule has 1 amide bonds. The molecule has 1 aromatic carbocycles. The monoisotopic (exact) mass is 364 g/mol. The number of anilines is 1. The van der Waals surface area contributed by atoms with Crippen molar-refractivity contribution in [3.05, 3.63) is 71.4 Å². The molecule has 3 aromatic heterocycles. The summed E-state index contributed by atoms with van der Waals surface area (Å²) in [7, 11) is 0. The van der Waals surface area contributed by atoms with Gasteiger partial charge in [-0.05, 0) is 43.2 Å². The Hall–Kier alpha value is -3.06. The van der Waals surface area contributed by atoms with Gasteiger partial charge in [0.2, 0.25) is 5.76 Å². The van der Waals surface area contributed by atoms with Crippen molar-refractivity contribution < 1.29 is 9.32 Å². The molecule has 0 saturated heterocycles. The van der Waals surface area contributed by atoms with Crippen molar-refractivity contribution in [2.75, 3.05) is 4.90 Å². The smallest absolute Gasteiger partial charge is 0.299 e. The summed E-state index contributed by atoms with van der Waals surface area (Å²) in [5, 5.41) is 4.25. The lowest BCUT2D eigenvalue weighted by molar-refractivity contribution is 0.0949. The molecule has 0 saturated carbocycles. The average molecular weight is 364 g/mol. The lowest BCUT2D eigenvalue weighted by atomic mass is 10.1. The van der Waals surface area contributed by atoms with Gasteiger partial charge < -0.3 is 4.52 Å². The third-order valence-corrected chi connectivity index (χ3v) is 5.29. The van der Waals surface area contributed by atoms with Gasteiger partial charge in [0.05, 0.1) is 28.7 Å².